The summed E-state index contributed by atoms with van der Waals surface area (Å²) in [7, 11) is 0. The predicted molar refractivity (Wildman–Crippen MR) is 67.7 cm³/mol. The second kappa shape index (κ2) is 4.70. The van der Waals surface area contributed by atoms with Crippen molar-refractivity contribution in [3.63, 3.8) is 0 Å². The summed E-state index contributed by atoms with van der Waals surface area (Å²) in [5.74, 6) is 2.08. The first-order valence-electron chi connectivity index (χ1n) is 5.90. The van der Waals surface area contributed by atoms with E-state index in [-0.39, 0.29) is 5.56 Å². The van der Waals surface area contributed by atoms with Gasteiger partial charge in [0, 0.05) is 5.92 Å². The molecule has 1 aliphatic carbocycles. The number of nitrogens with zero attached hydrogens (tertiary/aromatic N) is 1. The summed E-state index contributed by atoms with van der Waals surface area (Å²) in [6.45, 7) is 4.28. The van der Waals surface area contributed by atoms with Crippen molar-refractivity contribution >= 4 is 15.9 Å². The van der Waals surface area contributed by atoms with Crippen molar-refractivity contribution in [1.29, 1.82) is 0 Å². The maximum absolute atomic E-state index is 11.7. The van der Waals surface area contributed by atoms with Gasteiger partial charge in [0.2, 0.25) is 0 Å². The molecule has 2 rings (SSSR count). The van der Waals surface area contributed by atoms with E-state index in [2.05, 4.69) is 32.8 Å². The van der Waals surface area contributed by atoms with Crippen molar-refractivity contribution in [2.45, 2.75) is 45.4 Å². The van der Waals surface area contributed by atoms with Gasteiger partial charge in [-0.1, -0.05) is 13.8 Å². The second-order valence-electron chi connectivity index (χ2n) is 4.68. The number of H-pyrrole nitrogens is 1. The SMILES string of the molecule is CCc1nc(C2CCC(C)C2)[nH]c(=O)c1Br. The van der Waals surface area contributed by atoms with Gasteiger partial charge in [0.15, 0.2) is 0 Å². The number of rotatable bonds is 2. The molecule has 1 aliphatic rings. The molecule has 1 aromatic rings. The van der Waals surface area contributed by atoms with Crippen molar-refractivity contribution < 1.29 is 0 Å². The third kappa shape index (κ3) is 2.21. The molecule has 16 heavy (non-hydrogen) atoms. The van der Waals surface area contributed by atoms with E-state index in [0.29, 0.717) is 10.4 Å². The first-order valence-corrected chi connectivity index (χ1v) is 6.69. The third-order valence-electron chi connectivity index (χ3n) is 3.37. The zero-order valence-corrected chi connectivity index (χ0v) is 11.3. The molecule has 1 N–H and O–H groups in total. The van der Waals surface area contributed by atoms with Crippen LogP contribution in [0.5, 0.6) is 0 Å². The summed E-state index contributed by atoms with van der Waals surface area (Å²) in [6.07, 6.45) is 4.33. The number of hydrogen-bond donors (Lipinski definition) is 1. The number of hydrogen-bond acceptors (Lipinski definition) is 2. The molecule has 0 aromatic carbocycles. The van der Waals surface area contributed by atoms with Crippen molar-refractivity contribution in [3.8, 4) is 0 Å². The van der Waals surface area contributed by atoms with Crippen LogP contribution in [0.15, 0.2) is 9.27 Å². The highest BCUT2D eigenvalue weighted by atomic mass is 79.9. The fraction of sp³-hybridized carbons (Fsp3) is 0.667. The van der Waals surface area contributed by atoms with Crippen molar-refractivity contribution in [2.75, 3.05) is 0 Å². The van der Waals surface area contributed by atoms with E-state index in [4.69, 9.17) is 0 Å². The molecule has 1 aromatic heterocycles. The molecule has 3 nitrogen and oxygen atoms in total. The molecule has 0 spiro atoms. The number of nitrogens with one attached hydrogen (secondary N) is 1. The van der Waals surface area contributed by atoms with E-state index >= 15 is 0 Å². The maximum atomic E-state index is 11.7. The number of aromatic amines is 1. The highest BCUT2D eigenvalue weighted by Crippen LogP contribution is 2.36. The molecule has 0 radical (unpaired) electrons. The molecule has 88 valence electrons. The standard InChI is InChI=1S/C12H17BrN2O/c1-3-9-10(13)12(16)15-11(14-9)8-5-4-7(2)6-8/h7-8H,3-6H2,1-2H3,(H,14,15,16). The Morgan fingerprint density at radius 3 is 2.81 bits per heavy atom. The summed E-state index contributed by atoms with van der Waals surface area (Å²) in [6, 6.07) is 0. The summed E-state index contributed by atoms with van der Waals surface area (Å²) in [4.78, 5) is 19.2. The van der Waals surface area contributed by atoms with Gasteiger partial charge in [-0.25, -0.2) is 4.98 Å². The molecule has 1 heterocycles. The quantitative estimate of drug-likeness (QED) is 0.908. The summed E-state index contributed by atoms with van der Waals surface area (Å²) in [5.41, 5.74) is 0.833. The fourth-order valence-corrected chi connectivity index (χ4v) is 2.88. The van der Waals surface area contributed by atoms with Crippen LogP contribution < -0.4 is 5.56 Å². The van der Waals surface area contributed by atoms with E-state index in [1.165, 1.54) is 6.42 Å². The van der Waals surface area contributed by atoms with Gasteiger partial charge in [-0.15, -0.1) is 0 Å². The van der Waals surface area contributed by atoms with Crippen LogP contribution in [0.3, 0.4) is 0 Å². The van der Waals surface area contributed by atoms with Crippen LogP contribution in [0.1, 0.15) is 50.5 Å². The van der Waals surface area contributed by atoms with Crippen molar-refractivity contribution in [3.05, 3.63) is 26.3 Å². The van der Waals surface area contributed by atoms with Crippen LogP contribution >= 0.6 is 15.9 Å². The average Bonchev–Trinajstić information content (AvgIpc) is 2.69. The first kappa shape index (κ1) is 11.8. The van der Waals surface area contributed by atoms with Gasteiger partial charge in [0.05, 0.1) is 5.69 Å². The lowest BCUT2D eigenvalue weighted by atomic mass is 10.1. The van der Waals surface area contributed by atoms with E-state index in [1.807, 2.05) is 6.92 Å². The average molecular weight is 285 g/mol. The third-order valence-corrected chi connectivity index (χ3v) is 4.18. The number of aromatic nitrogens is 2. The van der Waals surface area contributed by atoms with Gasteiger partial charge in [0.1, 0.15) is 10.3 Å². The lowest BCUT2D eigenvalue weighted by molar-refractivity contribution is 0.582. The van der Waals surface area contributed by atoms with Gasteiger partial charge in [0.25, 0.3) is 5.56 Å². The highest BCUT2D eigenvalue weighted by molar-refractivity contribution is 9.10. The van der Waals surface area contributed by atoms with Crippen LogP contribution in [-0.4, -0.2) is 9.97 Å². The minimum Gasteiger partial charge on any atom is -0.309 e. The molecular weight excluding hydrogens is 268 g/mol. The van der Waals surface area contributed by atoms with Gasteiger partial charge >= 0.3 is 0 Å². The van der Waals surface area contributed by atoms with Crippen molar-refractivity contribution in [2.24, 2.45) is 5.92 Å². The summed E-state index contributed by atoms with van der Waals surface area (Å²) in [5, 5.41) is 0. The predicted octanol–water partition coefficient (Wildman–Crippen LogP) is 3.00. The van der Waals surface area contributed by atoms with Crippen molar-refractivity contribution in [1.82, 2.24) is 9.97 Å². The first-order chi connectivity index (χ1) is 7.61. The molecule has 2 unspecified atom stereocenters. The fourth-order valence-electron chi connectivity index (χ4n) is 2.41. The Morgan fingerprint density at radius 1 is 1.50 bits per heavy atom. The Balaban J connectivity index is 2.35. The van der Waals surface area contributed by atoms with E-state index in [9.17, 15) is 4.79 Å². The summed E-state index contributed by atoms with van der Waals surface area (Å²) < 4.78 is 0.588. The van der Waals surface area contributed by atoms with Gasteiger partial charge in [-0.3, -0.25) is 4.79 Å². The summed E-state index contributed by atoms with van der Waals surface area (Å²) >= 11 is 3.29. The normalized spacial score (nSPS) is 24.9. The van der Waals surface area contributed by atoms with Crippen LogP contribution in [0.4, 0.5) is 0 Å². The minimum atomic E-state index is -0.0404. The van der Waals surface area contributed by atoms with Crippen LogP contribution in [-0.2, 0) is 6.42 Å². The van der Waals surface area contributed by atoms with E-state index in [1.54, 1.807) is 0 Å². The van der Waals surface area contributed by atoms with Crippen LogP contribution in [0.2, 0.25) is 0 Å². The van der Waals surface area contributed by atoms with Crippen LogP contribution in [0, 0.1) is 5.92 Å². The Bertz CT molecular complexity index is 441. The molecular formula is C12H17BrN2O. The monoisotopic (exact) mass is 284 g/mol. The maximum Gasteiger partial charge on any atom is 0.265 e. The Kier molecular flexibility index (Phi) is 3.47. The Morgan fingerprint density at radius 2 is 2.25 bits per heavy atom. The Labute approximate surface area is 104 Å². The second-order valence-corrected chi connectivity index (χ2v) is 5.47. The smallest absolute Gasteiger partial charge is 0.265 e. The molecule has 0 bridgehead atoms. The zero-order chi connectivity index (χ0) is 11.7. The molecule has 1 saturated carbocycles. The largest absolute Gasteiger partial charge is 0.309 e. The molecule has 0 saturated heterocycles. The molecule has 0 aliphatic heterocycles. The topological polar surface area (TPSA) is 45.8 Å². The lowest BCUT2D eigenvalue weighted by Crippen LogP contribution is -2.17. The minimum absolute atomic E-state index is 0.0404. The van der Waals surface area contributed by atoms with Gasteiger partial charge < -0.3 is 4.98 Å². The molecule has 1 fully saturated rings. The lowest BCUT2D eigenvalue weighted by Gasteiger charge is -2.10. The Hall–Kier alpha value is -0.640. The number of aryl methyl sites for hydroxylation is 1. The van der Waals surface area contributed by atoms with Crippen LogP contribution in [0.25, 0.3) is 0 Å². The molecule has 0 amide bonds. The van der Waals surface area contributed by atoms with E-state index < -0.39 is 0 Å². The highest BCUT2D eigenvalue weighted by Gasteiger charge is 2.25. The van der Waals surface area contributed by atoms with E-state index in [0.717, 1.165) is 36.7 Å². The zero-order valence-electron chi connectivity index (χ0n) is 9.72. The number of halogens is 1. The molecule has 4 heteroatoms. The molecule has 2 atom stereocenters. The van der Waals surface area contributed by atoms with Gasteiger partial charge in [-0.05, 0) is 47.5 Å². The van der Waals surface area contributed by atoms with Gasteiger partial charge in [-0.2, -0.15) is 0 Å².